The van der Waals surface area contributed by atoms with Crippen LogP contribution in [0.3, 0.4) is 0 Å². The van der Waals surface area contributed by atoms with E-state index >= 15 is 0 Å². The lowest BCUT2D eigenvalue weighted by molar-refractivity contribution is 0.0969. The summed E-state index contributed by atoms with van der Waals surface area (Å²) in [6.07, 6.45) is 8.49. The fourth-order valence-corrected chi connectivity index (χ4v) is 4.56. The van der Waals surface area contributed by atoms with E-state index in [1.165, 1.54) is 6.07 Å². The van der Waals surface area contributed by atoms with Gasteiger partial charge in [-0.05, 0) is 44.2 Å². The molecule has 2 aromatic rings. The highest BCUT2D eigenvalue weighted by atomic mass is 16.5. The van der Waals surface area contributed by atoms with Crippen LogP contribution in [0.15, 0.2) is 12.1 Å². The third kappa shape index (κ3) is 7.69. The lowest BCUT2D eigenvalue weighted by Gasteiger charge is -2.26. The van der Waals surface area contributed by atoms with Gasteiger partial charge in [0.2, 0.25) is 11.5 Å². The molecule has 8 heteroatoms. The summed E-state index contributed by atoms with van der Waals surface area (Å²) < 4.78 is 30.4. The van der Waals surface area contributed by atoms with Crippen molar-refractivity contribution in [2.45, 2.75) is 98.8 Å². The maximum atomic E-state index is 14.2. The van der Waals surface area contributed by atoms with Gasteiger partial charge in [-0.3, -0.25) is 9.59 Å². The predicted octanol–water partition coefficient (Wildman–Crippen LogP) is 8.06. The summed E-state index contributed by atoms with van der Waals surface area (Å²) in [6, 6.07) is 3.08. The molecule has 0 aliphatic heterocycles. The Labute approximate surface area is 250 Å². The molecular weight excluding hydrogens is 536 g/mol. The molecule has 0 spiro atoms. The highest BCUT2D eigenvalue weighted by Crippen LogP contribution is 2.50. The van der Waals surface area contributed by atoms with E-state index in [0.29, 0.717) is 44.5 Å². The fraction of sp³-hybridized carbons (Fsp3) is 0.588. The van der Waals surface area contributed by atoms with Crippen molar-refractivity contribution in [3.05, 3.63) is 34.4 Å². The number of carbonyl (C=O) groups excluding carboxylic acids is 2. The molecule has 3 rings (SSSR count). The Morgan fingerprint density at radius 3 is 1.33 bits per heavy atom. The molecule has 0 radical (unpaired) electrons. The van der Waals surface area contributed by atoms with Crippen LogP contribution in [0, 0.1) is 0 Å². The second kappa shape index (κ2) is 16.9. The number of hydrogen-bond acceptors (Lipinski definition) is 8. The van der Waals surface area contributed by atoms with Crippen LogP contribution in [0.1, 0.15) is 131 Å². The largest absolute Gasteiger partial charge is 0.504 e. The summed E-state index contributed by atoms with van der Waals surface area (Å²) in [5, 5.41) is 11.4. The molecule has 0 bridgehead atoms. The van der Waals surface area contributed by atoms with E-state index in [1.54, 1.807) is 6.07 Å². The molecule has 0 unspecified atom stereocenters. The summed E-state index contributed by atoms with van der Waals surface area (Å²) in [7, 11) is 0. The Bertz CT molecular complexity index is 1200. The van der Waals surface area contributed by atoms with Gasteiger partial charge in [0, 0.05) is 11.1 Å². The maximum Gasteiger partial charge on any atom is 0.204 e. The van der Waals surface area contributed by atoms with Crippen LogP contribution in [-0.4, -0.2) is 49.7 Å². The quantitative estimate of drug-likeness (QED) is 0.133. The topological polar surface area (TPSA) is 101 Å². The molecule has 0 fully saturated rings. The average Bonchev–Trinajstić information content (AvgIpc) is 2.98. The monoisotopic (exact) mass is 584 g/mol. The number of fused-ring (bicyclic) bond motifs is 2. The number of carbonyl (C=O) groups is 2. The molecule has 8 nitrogen and oxygen atoms in total. The van der Waals surface area contributed by atoms with Gasteiger partial charge < -0.3 is 28.8 Å². The minimum absolute atomic E-state index is 0.0545. The number of unbranched alkanes of at least 4 members (excludes halogenated alkanes) is 5. The van der Waals surface area contributed by atoms with Crippen LogP contribution >= 0.6 is 0 Å². The summed E-state index contributed by atoms with van der Waals surface area (Å²) in [4.78, 5) is 28.3. The van der Waals surface area contributed by atoms with E-state index < -0.39 is 11.6 Å². The molecule has 0 atom stereocenters. The summed E-state index contributed by atoms with van der Waals surface area (Å²) in [5.41, 5.74) is 0.193. The number of benzene rings is 2. The van der Waals surface area contributed by atoms with Gasteiger partial charge in [0.1, 0.15) is 0 Å². The van der Waals surface area contributed by atoms with E-state index in [4.69, 9.17) is 23.7 Å². The second-order valence-electron chi connectivity index (χ2n) is 10.6. The number of ether oxygens (including phenoxy) is 5. The zero-order valence-corrected chi connectivity index (χ0v) is 26.1. The van der Waals surface area contributed by atoms with Gasteiger partial charge in [0.25, 0.3) is 0 Å². The SMILES string of the molecule is CCCCOc1cc2c(c(O)c1OCCCC)C(=O)c1cc(OCCCC)c(OCCCC)c(OCCCC)c1C2=O. The van der Waals surface area contributed by atoms with Crippen molar-refractivity contribution in [1.29, 1.82) is 0 Å². The lowest BCUT2D eigenvalue weighted by atomic mass is 9.82. The van der Waals surface area contributed by atoms with E-state index in [2.05, 4.69) is 20.8 Å². The molecule has 1 N–H and O–H groups in total. The number of aromatic hydroxyl groups is 1. The first kappa shape index (κ1) is 33.1. The zero-order valence-electron chi connectivity index (χ0n) is 26.1. The lowest BCUT2D eigenvalue weighted by Crippen LogP contribution is -2.24. The Balaban J connectivity index is 2.22. The molecule has 0 saturated carbocycles. The van der Waals surface area contributed by atoms with Gasteiger partial charge in [0.05, 0.1) is 44.2 Å². The molecule has 1 aliphatic rings. The molecular formula is C34H48O8. The Hall–Kier alpha value is -3.42. The van der Waals surface area contributed by atoms with E-state index in [0.717, 1.165) is 64.2 Å². The predicted molar refractivity (Wildman–Crippen MR) is 163 cm³/mol. The molecule has 42 heavy (non-hydrogen) atoms. The van der Waals surface area contributed by atoms with E-state index in [1.807, 2.05) is 13.8 Å². The average molecular weight is 585 g/mol. The zero-order chi connectivity index (χ0) is 30.5. The molecule has 2 aromatic carbocycles. The number of ketones is 2. The van der Waals surface area contributed by atoms with Crippen LogP contribution in [0.25, 0.3) is 0 Å². The molecule has 0 heterocycles. The van der Waals surface area contributed by atoms with Crippen molar-refractivity contribution in [1.82, 2.24) is 0 Å². The van der Waals surface area contributed by atoms with Gasteiger partial charge in [0.15, 0.2) is 34.6 Å². The Morgan fingerprint density at radius 1 is 0.500 bits per heavy atom. The number of rotatable bonds is 20. The van der Waals surface area contributed by atoms with Crippen LogP contribution in [0.4, 0.5) is 0 Å². The van der Waals surface area contributed by atoms with E-state index in [-0.39, 0.29) is 45.3 Å². The van der Waals surface area contributed by atoms with Gasteiger partial charge in [-0.15, -0.1) is 0 Å². The third-order valence-corrected chi connectivity index (χ3v) is 7.11. The molecule has 0 saturated heterocycles. The maximum absolute atomic E-state index is 14.2. The summed E-state index contributed by atoms with van der Waals surface area (Å²) in [5.74, 6) is -0.0993. The van der Waals surface area contributed by atoms with Crippen LogP contribution in [0.2, 0.25) is 0 Å². The smallest absolute Gasteiger partial charge is 0.204 e. The highest BCUT2D eigenvalue weighted by molar-refractivity contribution is 6.31. The van der Waals surface area contributed by atoms with Gasteiger partial charge in [-0.25, -0.2) is 0 Å². The van der Waals surface area contributed by atoms with Crippen LogP contribution < -0.4 is 23.7 Å². The summed E-state index contributed by atoms with van der Waals surface area (Å²) in [6.45, 7) is 12.2. The first-order valence-corrected chi connectivity index (χ1v) is 15.8. The molecule has 0 amide bonds. The van der Waals surface area contributed by atoms with Gasteiger partial charge in [-0.2, -0.15) is 0 Å². The molecule has 232 valence electrons. The Kier molecular flexibility index (Phi) is 13.3. The van der Waals surface area contributed by atoms with Crippen LogP contribution in [-0.2, 0) is 0 Å². The number of phenolic OH excluding ortho intramolecular Hbond substituents is 1. The third-order valence-electron chi connectivity index (χ3n) is 7.11. The molecule has 1 aliphatic carbocycles. The van der Waals surface area contributed by atoms with E-state index in [9.17, 15) is 14.7 Å². The first-order valence-electron chi connectivity index (χ1n) is 15.8. The minimum atomic E-state index is -0.502. The standard InChI is InChI=1S/C34H48O8/c1-6-11-16-38-25-21-23-27(31(37)32(25)40-18-13-8-3)29(35)24-22-26(39-17-12-7-2)33(41-19-14-9-4)34(28(24)30(23)36)42-20-15-10-5/h21-22,37H,6-20H2,1-5H3. The number of hydrogen-bond donors (Lipinski definition) is 1. The van der Waals surface area contributed by atoms with Crippen molar-refractivity contribution in [3.63, 3.8) is 0 Å². The van der Waals surface area contributed by atoms with Crippen molar-refractivity contribution >= 4 is 11.6 Å². The second-order valence-corrected chi connectivity index (χ2v) is 10.6. The summed E-state index contributed by atoms with van der Waals surface area (Å²) >= 11 is 0. The van der Waals surface area contributed by atoms with Crippen molar-refractivity contribution < 1.29 is 38.4 Å². The highest BCUT2D eigenvalue weighted by Gasteiger charge is 2.40. The van der Waals surface area contributed by atoms with Crippen LogP contribution in [0.5, 0.6) is 34.5 Å². The van der Waals surface area contributed by atoms with Gasteiger partial charge in [-0.1, -0.05) is 66.7 Å². The first-order chi connectivity index (χ1) is 20.4. The van der Waals surface area contributed by atoms with Crippen molar-refractivity contribution in [2.24, 2.45) is 0 Å². The van der Waals surface area contributed by atoms with Crippen molar-refractivity contribution in [3.8, 4) is 34.5 Å². The Morgan fingerprint density at radius 2 is 0.857 bits per heavy atom. The molecule has 0 aromatic heterocycles. The van der Waals surface area contributed by atoms with Gasteiger partial charge >= 0.3 is 0 Å². The number of phenols is 1. The van der Waals surface area contributed by atoms with Crippen molar-refractivity contribution in [2.75, 3.05) is 33.0 Å². The normalized spacial score (nSPS) is 12.1. The fourth-order valence-electron chi connectivity index (χ4n) is 4.56. The minimum Gasteiger partial charge on any atom is -0.504 e.